The summed E-state index contributed by atoms with van der Waals surface area (Å²) in [6.45, 7) is 7.13. The molecule has 0 atom stereocenters. The van der Waals surface area contributed by atoms with Crippen molar-refractivity contribution < 1.29 is 0 Å². The Morgan fingerprint density at radius 3 is 1.19 bits per heavy atom. The van der Waals surface area contributed by atoms with Gasteiger partial charge in [-0.25, -0.2) is 0 Å². The fourth-order valence-electron chi connectivity index (χ4n) is 4.48. The van der Waals surface area contributed by atoms with Crippen molar-refractivity contribution in [2.75, 3.05) is 15.5 Å². The molecule has 0 aliphatic rings. The van der Waals surface area contributed by atoms with E-state index in [4.69, 9.17) is 5.73 Å². The molecule has 0 saturated heterocycles. The van der Waals surface area contributed by atoms with E-state index < -0.39 is 0 Å². The topological polar surface area (TPSA) is 32.5 Å². The SMILES string of the molecule is Cc1ccc(CN(c2ccc(N)cc2)c2ccc(N(c3ccc(C)cc3)c3ccc(C)cc3)cc2)cc1. The Morgan fingerprint density at radius 1 is 0.432 bits per heavy atom. The van der Waals surface area contributed by atoms with Crippen LogP contribution in [0.1, 0.15) is 22.3 Å². The molecule has 0 unspecified atom stereocenters. The minimum atomic E-state index is 0.765. The van der Waals surface area contributed by atoms with Gasteiger partial charge in [0.1, 0.15) is 0 Å². The normalized spacial score (nSPS) is 10.8. The quantitative estimate of drug-likeness (QED) is 0.234. The molecule has 0 amide bonds. The fraction of sp³-hybridized carbons (Fsp3) is 0.118. The van der Waals surface area contributed by atoms with Crippen molar-refractivity contribution in [2.24, 2.45) is 0 Å². The van der Waals surface area contributed by atoms with E-state index >= 15 is 0 Å². The molecule has 5 aromatic rings. The lowest BCUT2D eigenvalue weighted by Gasteiger charge is -2.28. The first kappa shape index (κ1) is 24.2. The van der Waals surface area contributed by atoms with Gasteiger partial charge in [0.15, 0.2) is 0 Å². The second-order valence-electron chi connectivity index (χ2n) is 9.69. The predicted octanol–water partition coefficient (Wildman–Crippen LogP) is 9.00. The molecule has 0 aromatic heterocycles. The predicted molar refractivity (Wildman–Crippen MR) is 158 cm³/mol. The molecular formula is C34H33N3. The van der Waals surface area contributed by atoms with Crippen molar-refractivity contribution in [3.63, 3.8) is 0 Å². The number of nitrogen functional groups attached to an aromatic ring is 1. The zero-order chi connectivity index (χ0) is 25.8. The van der Waals surface area contributed by atoms with Gasteiger partial charge in [0, 0.05) is 40.7 Å². The van der Waals surface area contributed by atoms with Crippen LogP contribution < -0.4 is 15.5 Å². The summed E-state index contributed by atoms with van der Waals surface area (Å²) in [4.78, 5) is 4.63. The third-order valence-corrected chi connectivity index (χ3v) is 6.67. The van der Waals surface area contributed by atoms with Gasteiger partial charge >= 0.3 is 0 Å². The summed E-state index contributed by atoms with van der Waals surface area (Å²) in [5.41, 5.74) is 17.4. The summed E-state index contributed by atoms with van der Waals surface area (Å²) in [5.74, 6) is 0. The van der Waals surface area contributed by atoms with Gasteiger partial charge in [-0.2, -0.15) is 0 Å². The molecule has 0 aliphatic heterocycles. The van der Waals surface area contributed by atoms with Crippen LogP contribution in [0.4, 0.5) is 34.1 Å². The average Bonchev–Trinajstić information content (AvgIpc) is 2.92. The van der Waals surface area contributed by atoms with Crippen LogP contribution in [0.25, 0.3) is 0 Å². The maximum Gasteiger partial charge on any atom is 0.0481 e. The van der Waals surface area contributed by atoms with Crippen LogP contribution >= 0.6 is 0 Å². The van der Waals surface area contributed by atoms with Gasteiger partial charge in [-0.05, 0) is 99.1 Å². The van der Waals surface area contributed by atoms with E-state index in [2.05, 4.69) is 140 Å². The molecule has 0 aliphatic carbocycles. The molecule has 3 heteroatoms. The van der Waals surface area contributed by atoms with Crippen molar-refractivity contribution in [2.45, 2.75) is 27.3 Å². The van der Waals surface area contributed by atoms with Crippen LogP contribution in [0.5, 0.6) is 0 Å². The molecule has 0 saturated carbocycles. The van der Waals surface area contributed by atoms with Gasteiger partial charge in [-0.3, -0.25) is 0 Å². The molecule has 3 nitrogen and oxygen atoms in total. The van der Waals surface area contributed by atoms with E-state index in [1.54, 1.807) is 0 Å². The maximum absolute atomic E-state index is 5.99. The molecule has 0 spiro atoms. The number of nitrogens with two attached hydrogens (primary N) is 1. The lowest BCUT2D eigenvalue weighted by atomic mass is 10.1. The molecule has 5 rings (SSSR count). The van der Waals surface area contributed by atoms with E-state index in [1.165, 1.54) is 22.3 Å². The summed E-state index contributed by atoms with van der Waals surface area (Å²) < 4.78 is 0. The van der Waals surface area contributed by atoms with Crippen molar-refractivity contribution in [1.82, 2.24) is 0 Å². The second-order valence-corrected chi connectivity index (χ2v) is 9.69. The number of hydrogen-bond acceptors (Lipinski definition) is 3. The average molecular weight is 484 g/mol. The number of hydrogen-bond donors (Lipinski definition) is 1. The van der Waals surface area contributed by atoms with E-state index in [0.29, 0.717) is 0 Å². The van der Waals surface area contributed by atoms with Gasteiger partial charge in [0.2, 0.25) is 0 Å². The Kier molecular flexibility index (Phi) is 6.96. The Labute approximate surface area is 220 Å². The highest BCUT2D eigenvalue weighted by molar-refractivity contribution is 5.78. The van der Waals surface area contributed by atoms with E-state index in [9.17, 15) is 0 Å². The van der Waals surface area contributed by atoms with E-state index in [1.807, 2.05) is 12.1 Å². The monoisotopic (exact) mass is 483 g/mol. The van der Waals surface area contributed by atoms with Crippen molar-refractivity contribution in [3.05, 3.63) is 144 Å². The Hall–Kier alpha value is -4.50. The van der Waals surface area contributed by atoms with Crippen LogP contribution in [-0.4, -0.2) is 0 Å². The van der Waals surface area contributed by atoms with Crippen molar-refractivity contribution in [1.29, 1.82) is 0 Å². The lowest BCUT2D eigenvalue weighted by molar-refractivity contribution is 0.974. The highest BCUT2D eigenvalue weighted by atomic mass is 15.2. The molecule has 0 bridgehead atoms. The Bertz CT molecular complexity index is 1390. The van der Waals surface area contributed by atoms with Crippen LogP contribution in [0.15, 0.2) is 121 Å². The minimum absolute atomic E-state index is 0.765. The molecule has 37 heavy (non-hydrogen) atoms. The van der Waals surface area contributed by atoms with Gasteiger partial charge in [-0.15, -0.1) is 0 Å². The minimum Gasteiger partial charge on any atom is -0.399 e. The second kappa shape index (κ2) is 10.6. The standard InChI is InChI=1S/C34H33N3/c1-25-4-10-28(11-5-25)24-36(30-18-12-29(35)13-19-30)31-20-22-34(23-21-31)37(32-14-6-26(2)7-15-32)33-16-8-27(3)9-17-33/h4-23H,24,35H2,1-3H3. The molecular weight excluding hydrogens is 450 g/mol. The van der Waals surface area contributed by atoms with Gasteiger partial charge in [0.25, 0.3) is 0 Å². The largest absolute Gasteiger partial charge is 0.399 e. The fourth-order valence-corrected chi connectivity index (χ4v) is 4.48. The van der Waals surface area contributed by atoms with Crippen molar-refractivity contribution in [3.8, 4) is 0 Å². The molecule has 0 heterocycles. The van der Waals surface area contributed by atoms with Crippen molar-refractivity contribution >= 4 is 34.1 Å². The number of nitrogens with zero attached hydrogens (tertiary/aromatic N) is 2. The van der Waals surface area contributed by atoms with Crippen LogP contribution in [0.2, 0.25) is 0 Å². The van der Waals surface area contributed by atoms with Crippen LogP contribution in [0.3, 0.4) is 0 Å². The molecule has 2 N–H and O–H groups in total. The summed E-state index contributed by atoms with van der Waals surface area (Å²) in [7, 11) is 0. The third kappa shape index (κ3) is 5.68. The Morgan fingerprint density at radius 2 is 0.757 bits per heavy atom. The van der Waals surface area contributed by atoms with E-state index in [0.717, 1.165) is 40.7 Å². The maximum atomic E-state index is 5.99. The summed E-state index contributed by atoms with van der Waals surface area (Å²) in [6, 6.07) is 43.0. The van der Waals surface area contributed by atoms with Gasteiger partial charge < -0.3 is 15.5 Å². The zero-order valence-electron chi connectivity index (χ0n) is 21.7. The first-order valence-electron chi connectivity index (χ1n) is 12.7. The molecule has 5 aromatic carbocycles. The lowest BCUT2D eigenvalue weighted by Crippen LogP contribution is -2.17. The number of rotatable bonds is 7. The van der Waals surface area contributed by atoms with Crippen LogP contribution in [-0.2, 0) is 6.54 Å². The molecule has 184 valence electrons. The summed E-state index contributed by atoms with van der Waals surface area (Å²) >= 11 is 0. The number of anilines is 6. The highest BCUT2D eigenvalue weighted by Gasteiger charge is 2.15. The molecule has 0 radical (unpaired) electrons. The summed E-state index contributed by atoms with van der Waals surface area (Å²) in [5, 5.41) is 0. The van der Waals surface area contributed by atoms with E-state index in [-0.39, 0.29) is 0 Å². The highest BCUT2D eigenvalue weighted by Crippen LogP contribution is 2.37. The first-order valence-corrected chi connectivity index (χ1v) is 12.7. The zero-order valence-corrected chi connectivity index (χ0v) is 21.7. The van der Waals surface area contributed by atoms with Gasteiger partial charge in [-0.1, -0.05) is 65.2 Å². The van der Waals surface area contributed by atoms with Gasteiger partial charge in [0.05, 0.1) is 0 Å². The van der Waals surface area contributed by atoms with Crippen LogP contribution in [0, 0.1) is 20.8 Å². The molecule has 0 fully saturated rings. The third-order valence-electron chi connectivity index (χ3n) is 6.67. The number of benzene rings is 5. The number of aryl methyl sites for hydroxylation is 3. The summed E-state index contributed by atoms with van der Waals surface area (Å²) in [6.07, 6.45) is 0. The first-order chi connectivity index (χ1) is 18.0. The Balaban J connectivity index is 1.53. The smallest absolute Gasteiger partial charge is 0.0481 e.